The van der Waals surface area contributed by atoms with Crippen LogP contribution in [0.5, 0.6) is 0 Å². The molecule has 0 aliphatic carbocycles. The second kappa shape index (κ2) is 5.17. The monoisotopic (exact) mass is 327 g/mol. The molecule has 2 aromatic heterocycles. The largest absolute Gasteiger partial charge is 0.353 e. The summed E-state index contributed by atoms with van der Waals surface area (Å²) in [6.45, 7) is 0. The number of hydrogen-bond donors (Lipinski definition) is 3. The lowest BCUT2D eigenvalue weighted by Crippen LogP contribution is -2.10. The van der Waals surface area contributed by atoms with Crippen LogP contribution < -0.4 is 10.6 Å². The van der Waals surface area contributed by atoms with Crippen molar-refractivity contribution in [1.82, 2.24) is 15.0 Å². The fourth-order valence-corrected chi connectivity index (χ4v) is 3.02. The zero-order valence-corrected chi connectivity index (χ0v) is 13.1. The van der Waals surface area contributed by atoms with Gasteiger partial charge in [-0.15, -0.1) is 0 Å². The molecule has 5 rings (SSSR count). The molecular weight excluding hydrogens is 314 g/mol. The van der Waals surface area contributed by atoms with Gasteiger partial charge in [-0.3, -0.25) is 9.78 Å². The van der Waals surface area contributed by atoms with Crippen molar-refractivity contribution in [2.75, 3.05) is 10.6 Å². The van der Waals surface area contributed by atoms with Crippen molar-refractivity contribution < 1.29 is 4.79 Å². The van der Waals surface area contributed by atoms with E-state index in [4.69, 9.17) is 0 Å². The van der Waals surface area contributed by atoms with Crippen LogP contribution in [0.2, 0.25) is 0 Å². The first-order chi connectivity index (χ1) is 12.3. The number of imidazole rings is 1. The van der Waals surface area contributed by atoms with Gasteiger partial charge < -0.3 is 15.6 Å². The van der Waals surface area contributed by atoms with Gasteiger partial charge in [-0.05, 0) is 30.3 Å². The van der Waals surface area contributed by atoms with Crippen LogP contribution in [0, 0.1) is 0 Å². The summed E-state index contributed by atoms with van der Waals surface area (Å²) >= 11 is 0. The van der Waals surface area contributed by atoms with Crippen molar-refractivity contribution in [1.29, 1.82) is 0 Å². The van der Waals surface area contributed by atoms with Crippen LogP contribution >= 0.6 is 0 Å². The number of anilines is 3. The highest BCUT2D eigenvalue weighted by Crippen LogP contribution is 2.34. The molecule has 6 heteroatoms. The Bertz CT molecular complexity index is 1100. The first-order valence-corrected chi connectivity index (χ1v) is 7.89. The third-order valence-electron chi connectivity index (χ3n) is 4.27. The van der Waals surface area contributed by atoms with Crippen molar-refractivity contribution in [3.8, 4) is 11.4 Å². The summed E-state index contributed by atoms with van der Waals surface area (Å²) in [4.78, 5) is 24.4. The molecule has 0 spiro atoms. The van der Waals surface area contributed by atoms with Gasteiger partial charge >= 0.3 is 0 Å². The molecule has 25 heavy (non-hydrogen) atoms. The van der Waals surface area contributed by atoms with E-state index in [2.05, 4.69) is 25.6 Å². The quantitative estimate of drug-likeness (QED) is 0.494. The maximum Gasteiger partial charge on any atom is 0.257 e. The van der Waals surface area contributed by atoms with E-state index in [0.29, 0.717) is 5.56 Å². The van der Waals surface area contributed by atoms with E-state index in [0.717, 1.165) is 39.5 Å². The minimum Gasteiger partial charge on any atom is -0.353 e. The zero-order valence-electron chi connectivity index (χ0n) is 13.1. The first-order valence-electron chi connectivity index (χ1n) is 7.89. The number of aromatic amines is 1. The minimum absolute atomic E-state index is 0.132. The summed E-state index contributed by atoms with van der Waals surface area (Å²) < 4.78 is 0. The van der Waals surface area contributed by atoms with Crippen LogP contribution in [-0.4, -0.2) is 20.9 Å². The van der Waals surface area contributed by atoms with Crippen molar-refractivity contribution >= 4 is 34.0 Å². The Morgan fingerprint density at radius 2 is 1.72 bits per heavy atom. The Morgan fingerprint density at radius 1 is 0.880 bits per heavy atom. The molecule has 0 atom stereocenters. The number of nitrogens with zero attached hydrogens (tertiary/aromatic N) is 2. The predicted octanol–water partition coefficient (Wildman–Crippen LogP) is 3.93. The summed E-state index contributed by atoms with van der Waals surface area (Å²) in [5.41, 5.74) is 5.60. The van der Waals surface area contributed by atoms with Crippen LogP contribution in [0.4, 0.5) is 17.1 Å². The molecule has 0 bridgehead atoms. The Labute approximate surface area is 142 Å². The highest BCUT2D eigenvalue weighted by Gasteiger charge is 2.19. The molecule has 120 valence electrons. The lowest BCUT2D eigenvalue weighted by molar-refractivity contribution is 0.102. The number of carbonyl (C=O) groups excluding carboxylic acids is 1. The molecule has 3 N–H and O–H groups in total. The van der Waals surface area contributed by atoms with E-state index in [9.17, 15) is 4.79 Å². The maximum absolute atomic E-state index is 12.5. The molecule has 4 aromatic rings. The van der Waals surface area contributed by atoms with Gasteiger partial charge in [0.15, 0.2) is 0 Å². The lowest BCUT2D eigenvalue weighted by atomic mass is 10.1. The molecule has 0 saturated carbocycles. The summed E-state index contributed by atoms with van der Waals surface area (Å²) in [6, 6.07) is 15.1. The first kappa shape index (κ1) is 13.7. The van der Waals surface area contributed by atoms with Gasteiger partial charge in [0.05, 0.1) is 39.9 Å². The predicted molar refractivity (Wildman–Crippen MR) is 97.0 cm³/mol. The molecule has 0 unspecified atom stereocenters. The van der Waals surface area contributed by atoms with Gasteiger partial charge in [0.1, 0.15) is 5.82 Å². The van der Waals surface area contributed by atoms with Crippen LogP contribution in [0.25, 0.3) is 22.4 Å². The van der Waals surface area contributed by atoms with E-state index >= 15 is 0 Å². The molecular formula is C19H13N5O. The number of pyridine rings is 1. The van der Waals surface area contributed by atoms with Crippen molar-refractivity contribution in [2.24, 2.45) is 0 Å². The maximum atomic E-state index is 12.5. The molecule has 6 nitrogen and oxygen atoms in total. The van der Waals surface area contributed by atoms with E-state index < -0.39 is 0 Å². The fourth-order valence-electron chi connectivity index (χ4n) is 3.02. The van der Waals surface area contributed by atoms with Gasteiger partial charge in [0.2, 0.25) is 0 Å². The number of H-pyrrole nitrogens is 1. The lowest BCUT2D eigenvalue weighted by Gasteiger charge is -2.09. The Balaban J connectivity index is 1.64. The molecule has 0 saturated heterocycles. The molecule has 0 fully saturated rings. The Kier molecular flexibility index (Phi) is 2.84. The fraction of sp³-hybridized carbons (Fsp3) is 0. The number of fused-ring (bicyclic) bond motifs is 3. The topological polar surface area (TPSA) is 82.7 Å². The number of amides is 1. The summed E-state index contributed by atoms with van der Waals surface area (Å²) in [5, 5.41) is 6.27. The number of nitrogens with one attached hydrogen (secondary N) is 3. The van der Waals surface area contributed by atoms with Gasteiger partial charge in [-0.25, -0.2) is 4.98 Å². The van der Waals surface area contributed by atoms with Crippen LogP contribution in [0.15, 0.2) is 60.9 Å². The molecule has 0 radical (unpaired) electrons. The van der Waals surface area contributed by atoms with Gasteiger partial charge in [-0.1, -0.05) is 18.2 Å². The molecule has 1 aliphatic heterocycles. The van der Waals surface area contributed by atoms with Gasteiger partial charge in [0, 0.05) is 11.8 Å². The highest BCUT2D eigenvalue weighted by molar-refractivity contribution is 6.12. The average molecular weight is 327 g/mol. The Hall–Kier alpha value is -3.67. The number of para-hydroxylation sites is 2. The number of carbonyl (C=O) groups is 1. The van der Waals surface area contributed by atoms with Crippen LogP contribution in [0.3, 0.4) is 0 Å². The molecule has 1 aliphatic rings. The second-order valence-corrected chi connectivity index (χ2v) is 5.86. The normalized spacial score (nSPS) is 12.7. The van der Waals surface area contributed by atoms with E-state index in [-0.39, 0.29) is 5.91 Å². The summed E-state index contributed by atoms with van der Waals surface area (Å²) in [7, 11) is 0. The SMILES string of the molecule is O=C1Nc2ccccc2Nc2cc(-c3nc4ccncc4[nH]3)ccc21. The van der Waals surface area contributed by atoms with Gasteiger partial charge in [0.25, 0.3) is 5.91 Å². The second-order valence-electron chi connectivity index (χ2n) is 5.86. The zero-order chi connectivity index (χ0) is 16.8. The standard InChI is InChI=1S/C19H13N5O/c25-19-12-6-5-11(18-22-15-7-8-20-10-17(15)23-18)9-16(12)21-13-3-1-2-4-14(13)24-19/h1-10,21H,(H,22,23)(H,24,25). The smallest absolute Gasteiger partial charge is 0.257 e. The van der Waals surface area contributed by atoms with Crippen molar-refractivity contribution in [3.63, 3.8) is 0 Å². The molecule has 1 amide bonds. The van der Waals surface area contributed by atoms with Crippen molar-refractivity contribution in [3.05, 3.63) is 66.5 Å². The van der Waals surface area contributed by atoms with Crippen molar-refractivity contribution in [2.45, 2.75) is 0 Å². The Morgan fingerprint density at radius 3 is 2.56 bits per heavy atom. The summed E-state index contributed by atoms with van der Waals surface area (Å²) in [5.74, 6) is 0.610. The number of benzene rings is 2. The van der Waals surface area contributed by atoms with E-state index in [1.807, 2.05) is 48.5 Å². The van der Waals surface area contributed by atoms with Crippen LogP contribution in [0.1, 0.15) is 10.4 Å². The average Bonchev–Trinajstić information content (AvgIpc) is 3.01. The van der Waals surface area contributed by atoms with E-state index in [1.54, 1.807) is 12.4 Å². The molecule has 2 aromatic carbocycles. The highest BCUT2D eigenvalue weighted by atomic mass is 16.1. The third-order valence-corrected chi connectivity index (χ3v) is 4.27. The minimum atomic E-state index is -0.132. The number of rotatable bonds is 1. The molecule has 3 heterocycles. The van der Waals surface area contributed by atoms with Gasteiger partial charge in [-0.2, -0.15) is 0 Å². The number of hydrogen-bond acceptors (Lipinski definition) is 4. The third kappa shape index (κ3) is 2.23. The summed E-state index contributed by atoms with van der Waals surface area (Å²) in [6.07, 6.45) is 3.46. The van der Waals surface area contributed by atoms with Crippen LogP contribution in [-0.2, 0) is 0 Å². The van der Waals surface area contributed by atoms with E-state index in [1.165, 1.54) is 0 Å². The number of aromatic nitrogens is 3.